The number of hydrogen-bond acceptors (Lipinski definition) is 2. The van der Waals surface area contributed by atoms with E-state index in [4.69, 9.17) is 5.73 Å². The number of nitrogens with one attached hydrogen (secondary N) is 1. The van der Waals surface area contributed by atoms with Gasteiger partial charge in [-0.2, -0.15) is 0 Å². The number of hydrogen-bond donors (Lipinski definition) is 2. The summed E-state index contributed by atoms with van der Waals surface area (Å²) in [5.74, 6) is 0.635. The van der Waals surface area contributed by atoms with Gasteiger partial charge in [0.1, 0.15) is 0 Å². The minimum Gasteiger partial charge on any atom is -0.383 e. The van der Waals surface area contributed by atoms with E-state index in [1.807, 2.05) is 24.3 Å². The molecular formula is C15H22N2O. The molecule has 3 nitrogen and oxygen atoms in total. The molecule has 1 aromatic carbocycles. The molecule has 3 heteroatoms. The Morgan fingerprint density at radius 2 is 2.06 bits per heavy atom. The molecule has 0 aliphatic heterocycles. The van der Waals surface area contributed by atoms with E-state index in [0.717, 1.165) is 17.2 Å². The summed E-state index contributed by atoms with van der Waals surface area (Å²) in [5, 5.41) is 3.51. The molecule has 18 heavy (non-hydrogen) atoms. The van der Waals surface area contributed by atoms with E-state index in [1.54, 1.807) is 0 Å². The molecule has 3 N–H and O–H groups in total. The average molecular weight is 246 g/mol. The van der Waals surface area contributed by atoms with Crippen LogP contribution < -0.4 is 11.1 Å². The summed E-state index contributed by atoms with van der Waals surface area (Å²) >= 11 is 0. The van der Waals surface area contributed by atoms with E-state index in [0.29, 0.717) is 12.5 Å². The third-order valence-corrected chi connectivity index (χ3v) is 3.66. The van der Waals surface area contributed by atoms with Crippen molar-refractivity contribution in [1.29, 1.82) is 0 Å². The Bertz CT molecular complexity index is 395. The molecule has 1 amide bonds. The second-order valence-electron chi connectivity index (χ2n) is 5.42. The molecule has 2 rings (SSSR count). The maximum Gasteiger partial charge on any atom is 0.221 e. The molecule has 0 saturated heterocycles. The van der Waals surface area contributed by atoms with Crippen molar-refractivity contribution in [3.63, 3.8) is 0 Å². The van der Waals surface area contributed by atoms with Crippen molar-refractivity contribution in [2.24, 2.45) is 11.7 Å². The molecule has 1 atom stereocenters. The molecule has 1 aromatic rings. The summed E-state index contributed by atoms with van der Waals surface area (Å²) in [6.07, 6.45) is 5.76. The first-order chi connectivity index (χ1) is 8.63. The molecule has 0 heterocycles. The molecule has 1 fully saturated rings. The first kappa shape index (κ1) is 12.9. The van der Waals surface area contributed by atoms with Crippen molar-refractivity contribution < 1.29 is 4.79 Å². The Hall–Kier alpha value is -1.51. The Kier molecular flexibility index (Phi) is 4.24. The number of benzene rings is 1. The van der Waals surface area contributed by atoms with Crippen LogP contribution in [-0.4, -0.2) is 11.9 Å². The van der Waals surface area contributed by atoms with Gasteiger partial charge in [0.05, 0.1) is 6.42 Å². The van der Waals surface area contributed by atoms with E-state index in [9.17, 15) is 4.79 Å². The normalized spacial score (nSPS) is 16.9. The minimum absolute atomic E-state index is 0.283. The number of rotatable bonds is 6. The van der Waals surface area contributed by atoms with Gasteiger partial charge in [0.2, 0.25) is 5.91 Å². The zero-order chi connectivity index (χ0) is 13.0. The zero-order valence-electron chi connectivity index (χ0n) is 11.0. The number of carbonyl (C=O) groups excluding carboxylic acids is 1. The fourth-order valence-corrected chi connectivity index (χ4v) is 2.49. The van der Waals surface area contributed by atoms with Gasteiger partial charge >= 0.3 is 0 Å². The van der Waals surface area contributed by atoms with E-state index in [1.165, 1.54) is 25.7 Å². The molecule has 0 spiro atoms. The fourth-order valence-electron chi connectivity index (χ4n) is 2.49. The van der Waals surface area contributed by atoms with Crippen molar-refractivity contribution in [2.45, 2.75) is 45.1 Å². The summed E-state index contributed by atoms with van der Waals surface area (Å²) in [6.45, 7) is 2.23. The lowest BCUT2D eigenvalue weighted by molar-refractivity contribution is -0.117. The molecule has 0 radical (unpaired) electrons. The van der Waals surface area contributed by atoms with Crippen LogP contribution in [0.25, 0.3) is 0 Å². The number of primary amides is 1. The second-order valence-corrected chi connectivity index (χ2v) is 5.42. The predicted molar refractivity (Wildman–Crippen MR) is 74.4 cm³/mol. The van der Waals surface area contributed by atoms with Crippen molar-refractivity contribution in [2.75, 3.05) is 5.32 Å². The molecule has 0 bridgehead atoms. The van der Waals surface area contributed by atoms with Crippen LogP contribution in [0.4, 0.5) is 5.69 Å². The summed E-state index contributed by atoms with van der Waals surface area (Å²) in [6, 6.07) is 8.48. The Morgan fingerprint density at radius 3 is 2.56 bits per heavy atom. The van der Waals surface area contributed by atoms with E-state index >= 15 is 0 Å². The van der Waals surface area contributed by atoms with Gasteiger partial charge in [0.25, 0.3) is 0 Å². The molecule has 0 aromatic heterocycles. The third kappa shape index (κ3) is 3.76. The van der Waals surface area contributed by atoms with Crippen LogP contribution in [0.2, 0.25) is 0 Å². The number of amides is 1. The van der Waals surface area contributed by atoms with Crippen LogP contribution >= 0.6 is 0 Å². The molecule has 1 aliphatic carbocycles. The third-order valence-electron chi connectivity index (χ3n) is 3.66. The predicted octanol–water partition coefficient (Wildman–Crippen LogP) is 2.71. The summed E-state index contributed by atoms with van der Waals surface area (Å²) < 4.78 is 0. The fraction of sp³-hybridized carbons (Fsp3) is 0.533. The van der Waals surface area contributed by atoms with Crippen LogP contribution in [0, 0.1) is 5.92 Å². The monoisotopic (exact) mass is 246 g/mol. The van der Waals surface area contributed by atoms with Crippen molar-refractivity contribution in [1.82, 2.24) is 0 Å². The van der Waals surface area contributed by atoms with Crippen LogP contribution in [-0.2, 0) is 11.2 Å². The molecular weight excluding hydrogens is 224 g/mol. The van der Waals surface area contributed by atoms with Gasteiger partial charge in [-0.05, 0) is 37.0 Å². The first-order valence-electron chi connectivity index (χ1n) is 6.77. The van der Waals surface area contributed by atoms with Gasteiger partial charge < -0.3 is 11.1 Å². The maximum atomic E-state index is 10.8. The van der Waals surface area contributed by atoms with Gasteiger partial charge in [0.15, 0.2) is 0 Å². The highest BCUT2D eigenvalue weighted by Crippen LogP contribution is 2.31. The van der Waals surface area contributed by atoms with E-state index in [2.05, 4.69) is 12.2 Å². The zero-order valence-corrected chi connectivity index (χ0v) is 11.0. The standard InChI is InChI=1S/C15H22N2O/c1-11(9-12-3-2-4-12)17-14-7-5-13(6-8-14)10-15(16)18/h5-8,11-12,17H,2-4,9-10H2,1H3,(H2,16,18). The maximum absolute atomic E-state index is 10.8. The highest BCUT2D eigenvalue weighted by molar-refractivity contribution is 5.76. The quantitative estimate of drug-likeness (QED) is 0.811. The minimum atomic E-state index is -0.283. The van der Waals surface area contributed by atoms with Crippen LogP contribution in [0.1, 0.15) is 38.2 Å². The van der Waals surface area contributed by atoms with Crippen molar-refractivity contribution >= 4 is 11.6 Å². The lowest BCUT2D eigenvalue weighted by atomic mass is 9.81. The molecule has 1 saturated carbocycles. The Balaban J connectivity index is 1.83. The Labute approximate surface area is 109 Å². The SMILES string of the molecule is CC(CC1CCC1)Nc1ccc(CC(N)=O)cc1. The van der Waals surface area contributed by atoms with Crippen LogP contribution in [0.3, 0.4) is 0 Å². The van der Waals surface area contributed by atoms with Gasteiger partial charge in [0, 0.05) is 11.7 Å². The topological polar surface area (TPSA) is 55.1 Å². The Morgan fingerprint density at radius 1 is 1.39 bits per heavy atom. The highest BCUT2D eigenvalue weighted by Gasteiger charge is 2.19. The molecule has 1 aliphatic rings. The molecule has 1 unspecified atom stereocenters. The highest BCUT2D eigenvalue weighted by atomic mass is 16.1. The van der Waals surface area contributed by atoms with Gasteiger partial charge in [-0.25, -0.2) is 0 Å². The second kappa shape index (κ2) is 5.89. The molecule has 98 valence electrons. The number of carbonyl (C=O) groups is 1. The van der Waals surface area contributed by atoms with Crippen LogP contribution in [0.15, 0.2) is 24.3 Å². The number of anilines is 1. The summed E-state index contributed by atoms with van der Waals surface area (Å²) in [4.78, 5) is 10.8. The van der Waals surface area contributed by atoms with Crippen molar-refractivity contribution in [3.05, 3.63) is 29.8 Å². The number of nitrogens with two attached hydrogens (primary N) is 1. The van der Waals surface area contributed by atoms with Gasteiger partial charge in [-0.1, -0.05) is 31.4 Å². The first-order valence-corrected chi connectivity index (χ1v) is 6.77. The van der Waals surface area contributed by atoms with Crippen LogP contribution in [0.5, 0.6) is 0 Å². The largest absolute Gasteiger partial charge is 0.383 e. The van der Waals surface area contributed by atoms with E-state index < -0.39 is 0 Å². The van der Waals surface area contributed by atoms with Gasteiger partial charge in [-0.15, -0.1) is 0 Å². The smallest absolute Gasteiger partial charge is 0.221 e. The summed E-state index contributed by atoms with van der Waals surface area (Å²) in [7, 11) is 0. The van der Waals surface area contributed by atoms with Crippen molar-refractivity contribution in [3.8, 4) is 0 Å². The summed E-state index contributed by atoms with van der Waals surface area (Å²) in [5.41, 5.74) is 7.26. The lowest BCUT2D eigenvalue weighted by Gasteiger charge is -2.28. The average Bonchev–Trinajstić information content (AvgIpc) is 2.26. The lowest BCUT2D eigenvalue weighted by Crippen LogP contribution is -2.23. The van der Waals surface area contributed by atoms with E-state index in [-0.39, 0.29) is 5.91 Å². The van der Waals surface area contributed by atoms with Gasteiger partial charge in [-0.3, -0.25) is 4.79 Å².